The van der Waals surface area contributed by atoms with Crippen LogP contribution in [0.25, 0.3) is 0 Å². The van der Waals surface area contributed by atoms with Crippen molar-refractivity contribution in [1.29, 1.82) is 0 Å². The minimum atomic E-state index is -0.342. The molecule has 0 saturated carbocycles. The van der Waals surface area contributed by atoms with Gasteiger partial charge in [-0.15, -0.1) is 0 Å². The van der Waals surface area contributed by atoms with E-state index in [-0.39, 0.29) is 17.0 Å². The molecule has 1 aromatic carbocycles. The van der Waals surface area contributed by atoms with Gasteiger partial charge in [0.1, 0.15) is 11.6 Å². The number of benzene rings is 1. The normalized spacial score (nSPS) is 26.0. The molecule has 0 N–H and O–H groups in total. The summed E-state index contributed by atoms with van der Waals surface area (Å²) in [4.78, 5) is 2.24. The van der Waals surface area contributed by atoms with Gasteiger partial charge in [-0.1, -0.05) is 13.3 Å². The summed E-state index contributed by atoms with van der Waals surface area (Å²) in [5.41, 5.74) is 0.316. The average molecular weight is 252 g/mol. The Bertz CT molecular complexity index is 419. The second kappa shape index (κ2) is 5.35. The third-order valence-corrected chi connectivity index (χ3v) is 4.19. The summed E-state index contributed by atoms with van der Waals surface area (Å²) in [6.07, 6.45) is 4.00. The van der Waals surface area contributed by atoms with Gasteiger partial charge in [0.2, 0.25) is 0 Å². The van der Waals surface area contributed by atoms with Gasteiger partial charge in [-0.25, -0.2) is 8.78 Å². The summed E-state index contributed by atoms with van der Waals surface area (Å²) in [6.45, 7) is 3.92. The highest BCUT2D eigenvalue weighted by molar-refractivity contribution is 5.29. The number of nitrogens with zero attached hydrogens (tertiary/aromatic N) is 1. The molecule has 1 unspecified atom stereocenters. The van der Waals surface area contributed by atoms with Crippen LogP contribution >= 0.6 is 0 Å². The smallest absolute Gasteiger partial charge is 0.127 e. The second-order valence-corrected chi connectivity index (χ2v) is 5.45. The summed E-state index contributed by atoms with van der Waals surface area (Å²) in [6, 6.07) is 3.84. The predicted molar refractivity (Wildman–Crippen MR) is 69.7 cm³/mol. The Balaban J connectivity index is 2.44. The van der Waals surface area contributed by atoms with E-state index in [0.717, 1.165) is 38.8 Å². The molecule has 0 aliphatic carbocycles. The second-order valence-electron chi connectivity index (χ2n) is 5.45. The van der Waals surface area contributed by atoms with Gasteiger partial charge in [0.15, 0.2) is 0 Å². The van der Waals surface area contributed by atoms with E-state index in [1.165, 1.54) is 18.2 Å². The number of halogens is 2. The first-order chi connectivity index (χ1) is 8.57. The first-order valence-corrected chi connectivity index (χ1v) is 6.71. The summed E-state index contributed by atoms with van der Waals surface area (Å²) < 4.78 is 27.5. The minimum Gasteiger partial charge on any atom is -0.305 e. The highest BCUT2D eigenvalue weighted by atomic mass is 19.1. The van der Waals surface area contributed by atoms with E-state index in [1.54, 1.807) is 0 Å². The van der Waals surface area contributed by atoms with Crippen LogP contribution in [0.3, 0.4) is 0 Å². The van der Waals surface area contributed by atoms with Gasteiger partial charge in [-0.2, -0.15) is 0 Å². The molecule has 0 spiro atoms. The standard InChI is InChI=1S/C15H21F2N/c1-3-15(8-4-5-9-18(2)11-15)13-10-12(16)6-7-14(13)17/h6-7,10H,3-5,8-9,11H2,1-2H3/i16-1. The molecule has 1 aromatic rings. The van der Waals surface area contributed by atoms with Crippen LogP contribution in [0.1, 0.15) is 38.2 Å². The first-order valence-electron chi connectivity index (χ1n) is 6.71. The lowest BCUT2D eigenvalue weighted by atomic mass is 9.74. The number of hydrogen-bond donors (Lipinski definition) is 0. The van der Waals surface area contributed by atoms with E-state index in [0.29, 0.717) is 5.56 Å². The zero-order valence-corrected chi connectivity index (χ0v) is 11.2. The van der Waals surface area contributed by atoms with Crippen LogP contribution in [0, 0.1) is 11.6 Å². The van der Waals surface area contributed by atoms with E-state index in [1.807, 2.05) is 0 Å². The maximum absolute atomic E-state index is 14.1. The predicted octanol–water partition coefficient (Wildman–Crippen LogP) is 3.73. The Morgan fingerprint density at radius 3 is 2.78 bits per heavy atom. The van der Waals surface area contributed by atoms with Crippen molar-refractivity contribution in [3.05, 3.63) is 35.4 Å². The molecule has 0 aromatic heterocycles. The van der Waals surface area contributed by atoms with Crippen LogP contribution in [0.15, 0.2) is 18.2 Å². The van der Waals surface area contributed by atoms with Crippen LogP contribution in [0.4, 0.5) is 8.78 Å². The maximum atomic E-state index is 14.1. The molecule has 0 bridgehead atoms. The fraction of sp³-hybridized carbons (Fsp3) is 0.600. The molecule has 1 saturated heterocycles. The van der Waals surface area contributed by atoms with E-state index in [9.17, 15) is 8.78 Å². The maximum Gasteiger partial charge on any atom is 0.127 e. The molecular weight excluding hydrogens is 231 g/mol. The number of rotatable bonds is 2. The monoisotopic (exact) mass is 252 g/mol. The van der Waals surface area contributed by atoms with Crippen molar-refractivity contribution in [2.24, 2.45) is 0 Å². The van der Waals surface area contributed by atoms with Gasteiger partial charge in [-0.3, -0.25) is 0 Å². The Morgan fingerprint density at radius 1 is 1.28 bits per heavy atom. The highest BCUT2D eigenvalue weighted by Crippen LogP contribution is 2.37. The lowest BCUT2D eigenvalue weighted by Crippen LogP contribution is -2.38. The molecule has 1 aliphatic heterocycles. The summed E-state index contributed by atoms with van der Waals surface area (Å²) in [5, 5.41) is 0. The van der Waals surface area contributed by atoms with Crippen molar-refractivity contribution in [2.75, 3.05) is 20.1 Å². The third kappa shape index (κ3) is 2.56. The largest absolute Gasteiger partial charge is 0.305 e. The molecule has 1 fully saturated rings. The van der Waals surface area contributed by atoms with Gasteiger partial charge >= 0.3 is 0 Å². The molecule has 0 amide bonds. The zero-order valence-electron chi connectivity index (χ0n) is 11.2. The highest BCUT2D eigenvalue weighted by Gasteiger charge is 2.35. The molecule has 0 radical (unpaired) electrons. The van der Waals surface area contributed by atoms with Crippen LogP contribution in [-0.2, 0) is 5.41 Å². The van der Waals surface area contributed by atoms with Gasteiger partial charge in [0.05, 0.1) is 0 Å². The Hall–Kier alpha value is -0.960. The van der Waals surface area contributed by atoms with E-state index in [4.69, 9.17) is 0 Å². The molecule has 2 rings (SSSR count). The number of hydrogen-bond acceptors (Lipinski definition) is 1. The fourth-order valence-corrected chi connectivity index (χ4v) is 3.12. The van der Waals surface area contributed by atoms with Crippen LogP contribution < -0.4 is 0 Å². The topological polar surface area (TPSA) is 3.24 Å². The van der Waals surface area contributed by atoms with Gasteiger partial charge in [0, 0.05) is 12.0 Å². The Kier molecular flexibility index (Phi) is 4.00. The molecule has 1 nitrogen and oxygen atoms in total. The molecular formula is C15H21F2N. The zero-order chi connectivity index (χ0) is 13.2. The van der Waals surface area contributed by atoms with Crippen molar-refractivity contribution in [1.82, 2.24) is 4.90 Å². The molecule has 1 atom stereocenters. The molecule has 3 heteroatoms. The van der Waals surface area contributed by atoms with Crippen molar-refractivity contribution in [3.8, 4) is 0 Å². The van der Waals surface area contributed by atoms with E-state index >= 15 is 0 Å². The quantitative estimate of drug-likeness (QED) is 0.775. The van der Waals surface area contributed by atoms with Gasteiger partial charge < -0.3 is 4.90 Å². The number of likely N-dealkylation sites (tertiary alicyclic amines) is 1. The average Bonchev–Trinajstić information content (AvgIpc) is 2.55. The lowest BCUT2D eigenvalue weighted by Gasteiger charge is -2.35. The SMILES string of the molecule is CCC1(c2cc([18F])ccc2F)CCCCN(C)C1. The molecule has 1 aliphatic rings. The Morgan fingerprint density at radius 2 is 2.06 bits per heavy atom. The van der Waals surface area contributed by atoms with Crippen LogP contribution in [-0.4, -0.2) is 25.0 Å². The lowest BCUT2D eigenvalue weighted by molar-refractivity contribution is 0.250. The molecule has 18 heavy (non-hydrogen) atoms. The minimum absolute atomic E-state index is 0.239. The van der Waals surface area contributed by atoms with Gasteiger partial charge in [0.25, 0.3) is 0 Å². The third-order valence-electron chi connectivity index (χ3n) is 4.19. The van der Waals surface area contributed by atoms with Crippen LogP contribution in [0.2, 0.25) is 0 Å². The van der Waals surface area contributed by atoms with E-state index in [2.05, 4.69) is 18.9 Å². The van der Waals surface area contributed by atoms with Crippen LogP contribution in [0.5, 0.6) is 0 Å². The molecule has 1 heterocycles. The fourth-order valence-electron chi connectivity index (χ4n) is 3.12. The number of likely N-dealkylation sites (N-methyl/N-ethyl adjacent to an activating group) is 1. The van der Waals surface area contributed by atoms with Crippen molar-refractivity contribution < 1.29 is 8.78 Å². The summed E-state index contributed by atoms with van der Waals surface area (Å²) >= 11 is 0. The molecule has 100 valence electrons. The van der Waals surface area contributed by atoms with Crippen molar-refractivity contribution in [2.45, 2.75) is 38.0 Å². The van der Waals surface area contributed by atoms with E-state index < -0.39 is 0 Å². The van der Waals surface area contributed by atoms with Crippen molar-refractivity contribution in [3.63, 3.8) is 0 Å². The summed E-state index contributed by atoms with van der Waals surface area (Å²) in [5.74, 6) is -0.611. The van der Waals surface area contributed by atoms with Crippen molar-refractivity contribution >= 4 is 0 Å². The summed E-state index contributed by atoms with van der Waals surface area (Å²) in [7, 11) is 2.06. The van der Waals surface area contributed by atoms with Gasteiger partial charge in [-0.05, 0) is 56.6 Å². The first kappa shape index (κ1) is 13.5. The Labute approximate surface area is 108 Å².